The lowest BCUT2D eigenvalue weighted by Gasteiger charge is -2.20. The normalized spacial score (nSPS) is 12.2. The first-order chi connectivity index (χ1) is 9.58. The minimum atomic E-state index is -0.337. The van der Waals surface area contributed by atoms with Gasteiger partial charge in [0.15, 0.2) is 0 Å². The molecule has 20 heavy (non-hydrogen) atoms. The Morgan fingerprint density at radius 2 is 1.85 bits per heavy atom. The Morgan fingerprint density at radius 3 is 2.45 bits per heavy atom. The molecular weight excluding hydrogens is 252 g/mol. The van der Waals surface area contributed by atoms with Crippen molar-refractivity contribution in [3.05, 3.63) is 48.3 Å². The lowest BCUT2D eigenvalue weighted by Crippen LogP contribution is -2.15. The molecule has 2 rings (SSSR count). The minimum Gasteiger partial charge on any atom is -0.456 e. The maximum atomic E-state index is 11.2. The highest BCUT2D eigenvalue weighted by molar-refractivity contribution is 5.66. The Morgan fingerprint density at radius 1 is 1.10 bits per heavy atom. The van der Waals surface area contributed by atoms with Crippen molar-refractivity contribution in [2.24, 2.45) is 5.92 Å². The monoisotopic (exact) mass is 270 g/mol. The molecule has 0 radical (unpaired) electrons. The van der Waals surface area contributed by atoms with Crippen molar-refractivity contribution in [2.45, 2.75) is 26.9 Å². The third kappa shape index (κ3) is 3.41. The zero-order chi connectivity index (χ0) is 14.5. The van der Waals surface area contributed by atoms with Gasteiger partial charge in [-0.15, -0.1) is 0 Å². The van der Waals surface area contributed by atoms with Crippen LogP contribution < -0.4 is 0 Å². The standard InChI is InChI=1S/C16H18N2O2/c1-11(2)16(20-12(3)19)15-9-6-8-14(18-15)13-7-4-5-10-17-13/h4-11,16H,1-3H3. The van der Waals surface area contributed by atoms with E-state index >= 15 is 0 Å². The summed E-state index contributed by atoms with van der Waals surface area (Å²) in [6, 6.07) is 11.4. The average molecular weight is 270 g/mol. The third-order valence-electron chi connectivity index (χ3n) is 2.89. The Labute approximate surface area is 118 Å². The highest BCUT2D eigenvalue weighted by Crippen LogP contribution is 2.26. The van der Waals surface area contributed by atoms with Crippen molar-refractivity contribution in [1.29, 1.82) is 0 Å². The predicted molar refractivity (Wildman–Crippen MR) is 76.8 cm³/mol. The maximum Gasteiger partial charge on any atom is 0.303 e. The molecule has 0 spiro atoms. The number of hydrogen-bond acceptors (Lipinski definition) is 4. The van der Waals surface area contributed by atoms with Crippen LogP contribution in [-0.4, -0.2) is 15.9 Å². The molecule has 0 aliphatic rings. The fraction of sp³-hybridized carbons (Fsp3) is 0.312. The van der Waals surface area contributed by atoms with Crippen molar-refractivity contribution < 1.29 is 9.53 Å². The van der Waals surface area contributed by atoms with E-state index in [1.165, 1.54) is 6.92 Å². The fourth-order valence-corrected chi connectivity index (χ4v) is 1.98. The number of esters is 1. The van der Waals surface area contributed by atoms with Crippen LogP contribution >= 0.6 is 0 Å². The molecule has 4 heteroatoms. The quantitative estimate of drug-likeness (QED) is 0.799. The second-order valence-electron chi connectivity index (χ2n) is 4.94. The zero-order valence-electron chi connectivity index (χ0n) is 11.9. The topological polar surface area (TPSA) is 52.1 Å². The number of hydrogen-bond donors (Lipinski definition) is 0. The first kappa shape index (κ1) is 14.2. The summed E-state index contributed by atoms with van der Waals surface area (Å²) in [6.45, 7) is 5.42. The van der Waals surface area contributed by atoms with Crippen molar-refractivity contribution >= 4 is 5.97 Å². The van der Waals surface area contributed by atoms with Gasteiger partial charge >= 0.3 is 5.97 Å². The van der Waals surface area contributed by atoms with Gasteiger partial charge in [-0.05, 0) is 30.2 Å². The average Bonchev–Trinajstić information content (AvgIpc) is 2.45. The third-order valence-corrected chi connectivity index (χ3v) is 2.89. The van der Waals surface area contributed by atoms with Gasteiger partial charge in [-0.3, -0.25) is 9.78 Å². The van der Waals surface area contributed by atoms with Crippen LogP contribution in [0, 0.1) is 5.92 Å². The van der Waals surface area contributed by atoms with E-state index in [1.54, 1.807) is 6.20 Å². The van der Waals surface area contributed by atoms with E-state index in [0.717, 1.165) is 17.1 Å². The highest BCUT2D eigenvalue weighted by Gasteiger charge is 2.20. The molecule has 0 saturated heterocycles. The van der Waals surface area contributed by atoms with Crippen LogP contribution in [0.1, 0.15) is 32.6 Å². The molecule has 2 aromatic rings. The summed E-state index contributed by atoms with van der Waals surface area (Å²) in [6.07, 6.45) is 1.39. The molecule has 2 heterocycles. The van der Waals surface area contributed by atoms with Gasteiger partial charge in [0.05, 0.1) is 17.1 Å². The Bertz CT molecular complexity index is 582. The van der Waals surface area contributed by atoms with E-state index in [1.807, 2.05) is 50.2 Å². The maximum absolute atomic E-state index is 11.2. The number of nitrogens with zero attached hydrogens (tertiary/aromatic N) is 2. The van der Waals surface area contributed by atoms with Gasteiger partial charge in [-0.1, -0.05) is 26.0 Å². The molecule has 0 aliphatic carbocycles. The molecule has 0 aromatic carbocycles. The second-order valence-corrected chi connectivity index (χ2v) is 4.94. The summed E-state index contributed by atoms with van der Waals surface area (Å²) in [5.74, 6) is -0.140. The molecule has 104 valence electrons. The SMILES string of the molecule is CC(=O)OC(c1cccc(-c2ccccn2)n1)C(C)C. The molecule has 0 amide bonds. The van der Waals surface area contributed by atoms with Gasteiger partial charge in [0, 0.05) is 13.1 Å². The fourth-order valence-electron chi connectivity index (χ4n) is 1.98. The molecule has 0 aliphatic heterocycles. The number of carbonyl (C=O) groups is 1. The summed E-state index contributed by atoms with van der Waals surface area (Å²) in [4.78, 5) is 20.1. The molecule has 0 fully saturated rings. The van der Waals surface area contributed by atoms with E-state index < -0.39 is 0 Å². The minimum absolute atomic E-state index is 0.158. The van der Waals surface area contributed by atoms with E-state index in [-0.39, 0.29) is 18.0 Å². The summed E-state index contributed by atoms with van der Waals surface area (Å²) < 4.78 is 5.37. The zero-order valence-corrected chi connectivity index (χ0v) is 11.9. The van der Waals surface area contributed by atoms with Gasteiger partial charge < -0.3 is 4.74 Å². The number of carbonyl (C=O) groups excluding carboxylic acids is 1. The lowest BCUT2D eigenvalue weighted by atomic mass is 10.0. The molecule has 2 aromatic heterocycles. The van der Waals surface area contributed by atoms with Crippen LogP contribution in [-0.2, 0) is 9.53 Å². The number of rotatable bonds is 4. The molecular formula is C16H18N2O2. The summed E-state index contributed by atoms with van der Waals surface area (Å²) in [5.41, 5.74) is 2.33. The number of ether oxygens (including phenoxy) is 1. The van der Waals surface area contributed by atoms with Gasteiger partial charge in [-0.2, -0.15) is 0 Å². The smallest absolute Gasteiger partial charge is 0.303 e. The predicted octanol–water partition coefficient (Wildman–Crippen LogP) is 3.40. The molecule has 1 atom stereocenters. The van der Waals surface area contributed by atoms with Gasteiger partial charge in [0.1, 0.15) is 6.10 Å². The highest BCUT2D eigenvalue weighted by atomic mass is 16.5. The van der Waals surface area contributed by atoms with Gasteiger partial charge in [-0.25, -0.2) is 4.98 Å². The van der Waals surface area contributed by atoms with Crippen LogP contribution in [0.25, 0.3) is 11.4 Å². The van der Waals surface area contributed by atoms with E-state index in [4.69, 9.17) is 4.74 Å². The van der Waals surface area contributed by atoms with Crippen molar-refractivity contribution in [1.82, 2.24) is 9.97 Å². The Balaban J connectivity index is 2.35. The summed E-state index contributed by atoms with van der Waals surface area (Å²) in [7, 11) is 0. The first-order valence-electron chi connectivity index (χ1n) is 6.63. The molecule has 1 unspecified atom stereocenters. The second kappa shape index (κ2) is 6.28. The summed E-state index contributed by atoms with van der Waals surface area (Å²) in [5, 5.41) is 0. The number of aromatic nitrogens is 2. The molecule has 0 bridgehead atoms. The lowest BCUT2D eigenvalue weighted by molar-refractivity contribution is -0.149. The van der Waals surface area contributed by atoms with Crippen LogP contribution in [0.5, 0.6) is 0 Å². The first-order valence-corrected chi connectivity index (χ1v) is 6.63. The van der Waals surface area contributed by atoms with Crippen molar-refractivity contribution in [2.75, 3.05) is 0 Å². The Hall–Kier alpha value is -2.23. The van der Waals surface area contributed by atoms with Crippen LogP contribution in [0.3, 0.4) is 0 Å². The van der Waals surface area contributed by atoms with Crippen LogP contribution in [0.4, 0.5) is 0 Å². The largest absolute Gasteiger partial charge is 0.456 e. The molecule has 0 saturated carbocycles. The van der Waals surface area contributed by atoms with Crippen LogP contribution in [0.15, 0.2) is 42.6 Å². The van der Waals surface area contributed by atoms with E-state index in [0.29, 0.717) is 0 Å². The van der Waals surface area contributed by atoms with Crippen molar-refractivity contribution in [3.8, 4) is 11.4 Å². The van der Waals surface area contributed by atoms with E-state index in [9.17, 15) is 4.79 Å². The van der Waals surface area contributed by atoms with Gasteiger partial charge in [0.2, 0.25) is 0 Å². The van der Waals surface area contributed by atoms with Crippen molar-refractivity contribution in [3.63, 3.8) is 0 Å². The van der Waals surface area contributed by atoms with Crippen LogP contribution in [0.2, 0.25) is 0 Å². The molecule has 0 N–H and O–H groups in total. The van der Waals surface area contributed by atoms with E-state index in [2.05, 4.69) is 9.97 Å². The summed E-state index contributed by atoms with van der Waals surface area (Å²) >= 11 is 0. The Kier molecular flexibility index (Phi) is 4.45. The molecule has 4 nitrogen and oxygen atoms in total. The number of pyridine rings is 2. The van der Waals surface area contributed by atoms with Gasteiger partial charge in [0.25, 0.3) is 0 Å².